The largest absolute Gasteiger partial charge is 0.370 e. The molecule has 5 nitrogen and oxygen atoms in total. The van der Waals surface area contributed by atoms with Crippen LogP contribution in [0.1, 0.15) is 12.0 Å². The first-order valence-electron chi connectivity index (χ1n) is 5.01. The monoisotopic (exact) mass is 275 g/mol. The quantitative estimate of drug-likeness (QED) is 0.754. The molecular formula is C11H15ClFN3O2. The van der Waals surface area contributed by atoms with Gasteiger partial charge in [0.05, 0.1) is 18.2 Å². The van der Waals surface area contributed by atoms with E-state index in [-0.39, 0.29) is 24.5 Å². The van der Waals surface area contributed by atoms with Crippen LogP contribution in [0.5, 0.6) is 0 Å². The lowest BCUT2D eigenvalue weighted by Crippen LogP contribution is -2.39. The van der Waals surface area contributed by atoms with Gasteiger partial charge in [0.15, 0.2) is 0 Å². The molecule has 2 amide bonds. The second-order valence-corrected chi connectivity index (χ2v) is 3.75. The number of rotatable bonds is 4. The van der Waals surface area contributed by atoms with E-state index in [1.54, 1.807) is 13.0 Å². The second kappa shape index (κ2) is 6.93. The Hall–Kier alpha value is -1.66. The number of hydrogen-bond donors (Lipinski definition) is 3. The van der Waals surface area contributed by atoms with Crippen LogP contribution in [0.4, 0.5) is 10.1 Å². The molecule has 1 rings (SSSR count). The van der Waals surface area contributed by atoms with E-state index in [1.165, 1.54) is 12.1 Å². The molecule has 0 spiro atoms. The van der Waals surface area contributed by atoms with Crippen LogP contribution in [0.2, 0.25) is 0 Å². The minimum atomic E-state index is -1.08. The first-order chi connectivity index (χ1) is 7.90. The number of primary amides is 1. The lowest BCUT2D eigenvalue weighted by atomic mass is 10.1. The Morgan fingerprint density at radius 2 is 2.06 bits per heavy atom. The summed E-state index contributed by atoms with van der Waals surface area (Å²) in [5, 5.41) is 2.31. The van der Waals surface area contributed by atoms with Gasteiger partial charge < -0.3 is 16.8 Å². The Balaban J connectivity index is 0.00000289. The van der Waals surface area contributed by atoms with Crippen LogP contribution in [-0.2, 0) is 9.59 Å². The molecule has 0 bridgehead atoms. The number of halogens is 2. The number of carbonyl (C=O) groups excluding carboxylic acids is 2. The highest BCUT2D eigenvalue weighted by Crippen LogP contribution is 2.15. The van der Waals surface area contributed by atoms with Crippen LogP contribution in [0.25, 0.3) is 0 Å². The van der Waals surface area contributed by atoms with Gasteiger partial charge in [-0.05, 0) is 24.6 Å². The molecule has 1 unspecified atom stereocenters. The van der Waals surface area contributed by atoms with Crippen LogP contribution in [0.3, 0.4) is 0 Å². The first-order valence-corrected chi connectivity index (χ1v) is 5.01. The van der Waals surface area contributed by atoms with Crippen LogP contribution in [-0.4, -0.2) is 17.9 Å². The maximum Gasteiger partial charge on any atom is 0.241 e. The zero-order valence-electron chi connectivity index (χ0n) is 9.77. The van der Waals surface area contributed by atoms with E-state index in [1.807, 2.05) is 0 Å². The van der Waals surface area contributed by atoms with Gasteiger partial charge in [-0.1, -0.05) is 6.07 Å². The van der Waals surface area contributed by atoms with E-state index in [2.05, 4.69) is 5.32 Å². The lowest BCUT2D eigenvalue weighted by Gasteiger charge is -2.11. The Morgan fingerprint density at radius 1 is 1.44 bits per heavy atom. The van der Waals surface area contributed by atoms with Crippen molar-refractivity contribution in [2.24, 2.45) is 11.5 Å². The Labute approximate surface area is 110 Å². The fourth-order valence-electron chi connectivity index (χ4n) is 1.27. The molecule has 0 aliphatic rings. The summed E-state index contributed by atoms with van der Waals surface area (Å²) < 4.78 is 13.3. The fraction of sp³-hybridized carbons (Fsp3) is 0.273. The highest BCUT2D eigenvalue weighted by molar-refractivity contribution is 5.97. The highest BCUT2D eigenvalue weighted by Gasteiger charge is 2.17. The third-order valence-electron chi connectivity index (χ3n) is 2.14. The maximum absolute atomic E-state index is 13.3. The van der Waals surface area contributed by atoms with Gasteiger partial charge in [-0.25, -0.2) is 4.39 Å². The normalized spacial score (nSPS) is 11.3. The van der Waals surface area contributed by atoms with Gasteiger partial charge in [0.2, 0.25) is 11.8 Å². The van der Waals surface area contributed by atoms with Crippen molar-refractivity contribution in [3.05, 3.63) is 29.6 Å². The van der Waals surface area contributed by atoms with E-state index < -0.39 is 23.7 Å². The minimum absolute atomic E-state index is 0. The molecule has 5 N–H and O–H groups in total. The molecular weight excluding hydrogens is 261 g/mol. The van der Waals surface area contributed by atoms with Gasteiger partial charge in [-0.3, -0.25) is 9.59 Å². The van der Waals surface area contributed by atoms with E-state index in [9.17, 15) is 14.0 Å². The summed E-state index contributed by atoms with van der Waals surface area (Å²) in [6, 6.07) is 3.22. The van der Waals surface area contributed by atoms with Gasteiger partial charge >= 0.3 is 0 Å². The molecule has 0 saturated heterocycles. The summed E-state index contributed by atoms with van der Waals surface area (Å²) in [5.41, 5.74) is 11.2. The SMILES string of the molecule is Cc1ccc(F)c(NC(=O)C(N)CC(N)=O)c1.Cl. The van der Waals surface area contributed by atoms with Crippen LogP contribution in [0, 0.1) is 12.7 Å². The molecule has 0 aliphatic heterocycles. The van der Waals surface area contributed by atoms with Crippen molar-refractivity contribution in [2.75, 3.05) is 5.32 Å². The molecule has 100 valence electrons. The molecule has 18 heavy (non-hydrogen) atoms. The van der Waals surface area contributed by atoms with Crippen molar-refractivity contribution in [3.63, 3.8) is 0 Å². The molecule has 0 fully saturated rings. The molecule has 0 heterocycles. The number of amides is 2. The van der Waals surface area contributed by atoms with Crippen molar-refractivity contribution < 1.29 is 14.0 Å². The van der Waals surface area contributed by atoms with Crippen molar-refractivity contribution in [1.29, 1.82) is 0 Å². The van der Waals surface area contributed by atoms with Gasteiger partial charge in [-0.2, -0.15) is 0 Å². The third-order valence-corrected chi connectivity index (χ3v) is 2.14. The first kappa shape index (κ1) is 16.3. The lowest BCUT2D eigenvalue weighted by molar-refractivity contribution is -0.123. The maximum atomic E-state index is 13.3. The predicted molar refractivity (Wildman–Crippen MR) is 68.8 cm³/mol. The number of carbonyl (C=O) groups is 2. The van der Waals surface area contributed by atoms with Crippen LogP contribution >= 0.6 is 12.4 Å². The second-order valence-electron chi connectivity index (χ2n) is 3.75. The highest BCUT2D eigenvalue weighted by atomic mass is 35.5. The van der Waals surface area contributed by atoms with Crippen LogP contribution in [0.15, 0.2) is 18.2 Å². The molecule has 0 aromatic heterocycles. The van der Waals surface area contributed by atoms with Crippen molar-refractivity contribution in [2.45, 2.75) is 19.4 Å². The number of nitrogens with two attached hydrogens (primary N) is 2. The summed E-state index contributed by atoms with van der Waals surface area (Å²) in [5.74, 6) is -1.89. The Morgan fingerprint density at radius 3 is 2.61 bits per heavy atom. The average molecular weight is 276 g/mol. The van der Waals surface area contributed by atoms with Gasteiger partial charge in [0.25, 0.3) is 0 Å². The fourth-order valence-corrected chi connectivity index (χ4v) is 1.27. The van der Waals surface area contributed by atoms with Crippen molar-refractivity contribution in [1.82, 2.24) is 0 Å². The van der Waals surface area contributed by atoms with Crippen molar-refractivity contribution >= 4 is 29.9 Å². The summed E-state index contributed by atoms with van der Waals surface area (Å²) in [6.45, 7) is 1.76. The average Bonchev–Trinajstić information content (AvgIpc) is 2.22. The summed E-state index contributed by atoms with van der Waals surface area (Å²) in [7, 11) is 0. The van der Waals surface area contributed by atoms with Crippen LogP contribution < -0.4 is 16.8 Å². The number of aryl methyl sites for hydroxylation is 1. The smallest absolute Gasteiger partial charge is 0.241 e. The number of anilines is 1. The standard InChI is InChI=1S/C11H14FN3O2.ClH/c1-6-2-3-7(12)9(4-6)15-11(17)8(13)5-10(14)16;/h2-4,8H,5,13H2,1H3,(H2,14,16)(H,15,17);1H. The van der Waals surface area contributed by atoms with Gasteiger partial charge in [0, 0.05) is 0 Å². The molecule has 0 saturated carbocycles. The zero-order chi connectivity index (χ0) is 13.0. The molecule has 1 atom stereocenters. The third kappa shape index (κ3) is 4.68. The molecule has 7 heteroatoms. The van der Waals surface area contributed by atoms with E-state index in [0.29, 0.717) is 0 Å². The molecule has 0 aliphatic carbocycles. The van der Waals surface area contributed by atoms with Crippen molar-refractivity contribution in [3.8, 4) is 0 Å². The Bertz CT molecular complexity index is 454. The number of hydrogen-bond acceptors (Lipinski definition) is 3. The minimum Gasteiger partial charge on any atom is -0.370 e. The zero-order valence-corrected chi connectivity index (χ0v) is 10.6. The number of benzene rings is 1. The summed E-state index contributed by atoms with van der Waals surface area (Å²) in [4.78, 5) is 22.1. The molecule has 1 aromatic carbocycles. The molecule has 1 aromatic rings. The van der Waals surface area contributed by atoms with Gasteiger partial charge in [0.1, 0.15) is 5.82 Å². The van der Waals surface area contributed by atoms with E-state index >= 15 is 0 Å². The predicted octanol–water partition coefficient (Wildman–Crippen LogP) is 0.697. The van der Waals surface area contributed by atoms with E-state index in [0.717, 1.165) is 5.56 Å². The topological polar surface area (TPSA) is 98.2 Å². The van der Waals surface area contributed by atoms with E-state index in [4.69, 9.17) is 11.5 Å². The Kier molecular flexibility index (Phi) is 6.29. The number of nitrogens with one attached hydrogen (secondary N) is 1. The molecule has 0 radical (unpaired) electrons. The van der Waals surface area contributed by atoms with Gasteiger partial charge in [-0.15, -0.1) is 12.4 Å². The summed E-state index contributed by atoms with van der Waals surface area (Å²) >= 11 is 0. The summed E-state index contributed by atoms with van der Waals surface area (Å²) in [6.07, 6.45) is -0.279.